The van der Waals surface area contributed by atoms with Gasteiger partial charge < -0.3 is 10.1 Å². The van der Waals surface area contributed by atoms with Gasteiger partial charge in [-0.25, -0.2) is 4.90 Å². The summed E-state index contributed by atoms with van der Waals surface area (Å²) in [5, 5.41) is 2.30. The van der Waals surface area contributed by atoms with Gasteiger partial charge in [0.2, 0.25) is 17.7 Å². The third-order valence-electron chi connectivity index (χ3n) is 4.18. The van der Waals surface area contributed by atoms with Crippen molar-refractivity contribution in [1.82, 2.24) is 5.32 Å². The largest absolute Gasteiger partial charge is 0.497 e. The summed E-state index contributed by atoms with van der Waals surface area (Å²) in [7, 11) is 1.60. The molecule has 2 aromatic rings. The summed E-state index contributed by atoms with van der Waals surface area (Å²) < 4.78 is 5.10. The molecule has 2 aromatic carbocycles. The number of methoxy groups -OCH3 is 1. The van der Waals surface area contributed by atoms with Gasteiger partial charge in [-0.05, 0) is 29.8 Å². The van der Waals surface area contributed by atoms with Gasteiger partial charge in [-0.1, -0.05) is 30.3 Å². The number of amides is 3. The van der Waals surface area contributed by atoms with Crippen LogP contribution < -0.4 is 15.0 Å². The predicted molar refractivity (Wildman–Crippen MR) is 105 cm³/mol. The maximum absolute atomic E-state index is 12.5. The van der Waals surface area contributed by atoms with E-state index in [1.54, 1.807) is 31.4 Å². The zero-order valence-electron chi connectivity index (χ0n) is 14.9. The Morgan fingerprint density at radius 3 is 2.52 bits per heavy atom. The lowest BCUT2D eigenvalue weighted by atomic mass is 10.2. The second-order valence-electron chi connectivity index (χ2n) is 6.03. The minimum Gasteiger partial charge on any atom is -0.497 e. The highest BCUT2D eigenvalue weighted by Gasteiger charge is 2.39. The smallest absolute Gasteiger partial charge is 0.247 e. The number of nitrogens with zero attached hydrogens (tertiary/aromatic N) is 1. The van der Waals surface area contributed by atoms with E-state index in [0.717, 1.165) is 11.3 Å². The van der Waals surface area contributed by atoms with Crippen LogP contribution in [-0.2, 0) is 20.9 Å². The molecule has 1 atom stereocenters. The molecule has 0 aromatic heterocycles. The summed E-state index contributed by atoms with van der Waals surface area (Å²) in [5.74, 6) is 0.214. The monoisotopic (exact) mass is 384 g/mol. The van der Waals surface area contributed by atoms with Crippen LogP contribution in [0.15, 0.2) is 54.6 Å². The molecule has 0 unspecified atom stereocenters. The van der Waals surface area contributed by atoms with E-state index in [1.165, 1.54) is 16.7 Å². The summed E-state index contributed by atoms with van der Waals surface area (Å²) in [6, 6.07) is 16.3. The lowest BCUT2D eigenvalue weighted by Crippen LogP contribution is -2.32. The lowest BCUT2D eigenvalue weighted by molar-refractivity contribution is -0.121. The SMILES string of the molecule is COc1ccc(CNC(=O)CS[C@@H]2CC(=O)N(c3ccccc3)C2=O)cc1. The number of carbonyl (C=O) groups is 3. The molecule has 27 heavy (non-hydrogen) atoms. The number of anilines is 1. The molecule has 3 rings (SSSR count). The Bertz CT molecular complexity index is 824. The molecule has 0 aliphatic carbocycles. The Kier molecular flexibility index (Phi) is 6.13. The van der Waals surface area contributed by atoms with Crippen molar-refractivity contribution >= 4 is 35.2 Å². The van der Waals surface area contributed by atoms with Gasteiger partial charge in [0.05, 0.1) is 23.8 Å². The van der Waals surface area contributed by atoms with E-state index in [-0.39, 0.29) is 29.9 Å². The van der Waals surface area contributed by atoms with Crippen LogP contribution in [-0.4, -0.2) is 35.8 Å². The number of carbonyl (C=O) groups excluding carboxylic acids is 3. The fourth-order valence-electron chi connectivity index (χ4n) is 2.75. The molecule has 7 heteroatoms. The topological polar surface area (TPSA) is 75.7 Å². The summed E-state index contributed by atoms with van der Waals surface area (Å²) in [5.41, 5.74) is 1.52. The molecule has 140 valence electrons. The Hall–Kier alpha value is -2.80. The van der Waals surface area contributed by atoms with Gasteiger partial charge in [0.1, 0.15) is 5.75 Å². The Balaban J connectivity index is 1.48. The van der Waals surface area contributed by atoms with Crippen LogP contribution in [0.2, 0.25) is 0 Å². The molecule has 1 saturated heterocycles. The Morgan fingerprint density at radius 2 is 1.85 bits per heavy atom. The average Bonchev–Trinajstić information content (AvgIpc) is 2.99. The summed E-state index contributed by atoms with van der Waals surface area (Å²) >= 11 is 1.20. The van der Waals surface area contributed by atoms with Gasteiger partial charge >= 0.3 is 0 Å². The van der Waals surface area contributed by atoms with Crippen molar-refractivity contribution in [3.63, 3.8) is 0 Å². The maximum Gasteiger partial charge on any atom is 0.247 e. The molecule has 1 aliphatic heterocycles. The van der Waals surface area contributed by atoms with E-state index in [9.17, 15) is 14.4 Å². The summed E-state index contributed by atoms with van der Waals surface area (Å²) in [6.07, 6.45) is 0.115. The van der Waals surface area contributed by atoms with E-state index in [0.29, 0.717) is 12.2 Å². The first kappa shape index (κ1) is 19.0. The highest BCUT2D eigenvalue weighted by molar-refractivity contribution is 8.01. The number of hydrogen-bond donors (Lipinski definition) is 1. The third-order valence-corrected chi connectivity index (χ3v) is 5.38. The lowest BCUT2D eigenvalue weighted by Gasteiger charge is -2.14. The summed E-state index contributed by atoms with van der Waals surface area (Å²) in [6.45, 7) is 0.400. The minimum absolute atomic E-state index is 0.115. The quantitative estimate of drug-likeness (QED) is 0.742. The molecule has 1 aliphatic rings. The fourth-order valence-corrected chi connectivity index (χ4v) is 3.72. The molecule has 1 N–H and O–H groups in total. The van der Waals surface area contributed by atoms with Crippen molar-refractivity contribution in [1.29, 1.82) is 0 Å². The minimum atomic E-state index is -0.524. The van der Waals surface area contributed by atoms with Crippen molar-refractivity contribution in [2.75, 3.05) is 17.8 Å². The number of para-hydroxylation sites is 1. The van der Waals surface area contributed by atoms with Crippen LogP contribution in [0.3, 0.4) is 0 Å². The molecule has 0 spiro atoms. The highest BCUT2D eigenvalue weighted by atomic mass is 32.2. The van der Waals surface area contributed by atoms with Gasteiger partial charge in [0.15, 0.2) is 0 Å². The molecule has 0 saturated carbocycles. The number of benzene rings is 2. The van der Waals surface area contributed by atoms with E-state index in [1.807, 2.05) is 30.3 Å². The van der Waals surface area contributed by atoms with Crippen molar-refractivity contribution in [2.24, 2.45) is 0 Å². The fraction of sp³-hybridized carbons (Fsp3) is 0.250. The zero-order chi connectivity index (χ0) is 19.2. The molecule has 6 nitrogen and oxygen atoms in total. The van der Waals surface area contributed by atoms with Crippen LogP contribution in [0.25, 0.3) is 0 Å². The molecule has 1 fully saturated rings. The molecule has 1 heterocycles. The highest BCUT2D eigenvalue weighted by Crippen LogP contribution is 2.29. The number of hydrogen-bond acceptors (Lipinski definition) is 5. The average molecular weight is 384 g/mol. The van der Waals surface area contributed by atoms with E-state index < -0.39 is 5.25 Å². The van der Waals surface area contributed by atoms with Crippen molar-refractivity contribution in [3.05, 3.63) is 60.2 Å². The number of imide groups is 1. The second kappa shape index (κ2) is 8.73. The Morgan fingerprint density at radius 1 is 1.15 bits per heavy atom. The summed E-state index contributed by atoms with van der Waals surface area (Å²) in [4.78, 5) is 38.0. The third kappa shape index (κ3) is 4.68. The first-order chi connectivity index (χ1) is 13.1. The zero-order valence-corrected chi connectivity index (χ0v) is 15.7. The molecule has 0 bridgehead atoms. The molecular weight excluding hydrogens is 364 g/mol. The maximum atomic E-state index is 12.5. The standard InChI is InChI=1S/C20H20N2O4S/c1-26-16-9-7-14(8-10-16)12-21-18(23)13-27-17-11-19(24)22(20(17)25)15-5-3-2-4-6-15/h2-10,17H,11-13H2,1H3,(H,21,23)/t17-/m1/s1. The van der Waals surface area contributed by atoms with E-state index >= 15 is 0 Å². The van der Waals surface area contributed by atoms with E-state index in [2.05, 4.69) is 5.32 Å². The van der Waals surface area contributed by atoms with Gasteiger partial charge in [-0.2, -0.15) is 0 Å². The van der Waals surface area contributed by atoms with Gasteiger partial charge in [0.25, 0.3) is 0 Å². The van der Waals surface area contributed by atoms with Crippen molar-refractivity contribution in [2.45, 2.75) is 18.2 Å². The molecule has 0 radical (unpaired) electrons. The van der Waals surface area contributed by atoms with Crippen LogP contribution in [0, 0.1) is 0 Å². The van der Waals surface area contributed by atoms with Gasteiger partial charge in [-0.15, -0.1) is 11.8 Å². The first-order valence-electron chi connectivity index (χ1n) is 8.51. The normalized spacial score (nSPS) is 16.5. The molecule has 3 amide bonds. The van der Waals surface area contributed by atoms with Crippen LogP contribution >= 0.6 is 11.8 Å². The number of rotatable bonds is 7. The van der Waals surface area contributed by atoms with Crippen molar-refractivity contribution in [3.8, 4) is 5.75 Å². The van der Waals surface area contributed by atoms with Crippen LogP contribution in [0.4, 0.5) is 5.69 Å². The second-order valence-corrected chi connectivity index (χ2v) is 7.22. The number of ether oxygens (including phenoxy) is 1. The molecular formula is C20H20N2O4S. The van der Waals surface area contributed by atoms with Gasteiger partial charge in [-0.3, -0.25) is 14.4 Å². The van der Waals surface area contributed by atoms with Crippen molar-refractivity contribution < 1.29 is 19.1 Å². The predicted octanol–water partition coefficient (Wildman–Crippen LogP) is 2.38. The van der Waals surface area contributed by atoms with E-state index in [4.69, 9.17) is 4.74 Å². The Labute approximate surface area is 161 Å². The van der Waals surface area contributed by atoms with Gasteiger partial charge in [0, 0.05) is 13.0 Å². The number of thioether (sulfide) groups is 1. The number of nitrogens with one attached hydrogen (secondary N) is 1. The van der Waals surface area contributed by atoms with Crippen LogP contribution in [0.1, 0.15) is 12.0 Å². The first-order valence-corrected chi connectivity index (χ1v) is 9.56. The van der Waals surface area contributed by atoms with Crippen LogP contribution in [0.5, 0.6) is 5.75 Å².